The lowest BCUT2D eigenvalue weighted by Gasteiger charge is -2.39. The number of hydrogen-bond acceptors (Lipinski definition) is 5. The van der Waals surface area contributed by atoms with Crippen LogP contribution in [0.2, 0.25) is 0 Å². The molecule has 8 heteroatoms. The monoisotopic (exact) mass is 409 g/mol. The molecule has 0 spiro atoms. The number of methoxy groups -OCH3 is 1. The summed E-state index contributed by atoms with van der Waals surface area (Å²) >= 11 is 0. The van der Waals surface area contributed by atoms with E-state index in [0.717, 1.165) is 90.3 Å². The van der Waals surface area contributed by atoms with E-state index in [2.05, 4.69) is 24.8 Å². The lowest BCUT2D eigenvalue weighted by Crippen LogP contribution is -2.57. The minimum atomic E-state index is -0.126. The van der Waals surface area contributed by atoms with Gasteiger partial charge in [-0.15, -0.1) is 0 Å². The molecule has 1 N–H and O–H groups in total. The SMILES string of the molecule is CN=C(NCCCCCCC(=O)OC)N1CCN(C(C)C(=O)N2CCCC2)CC1. The summed E-state index contributed by atoms with van der Waals surface area (Å²) in [6.45, 7) is 8.31. The number of hydrogen-bond donors (Lipinski definition) is 1. The second-order valence-electron chi connectivity index (χ2n) is 7.95. The van der Waals surface area contributed by atoms with Gasteiger partial charge < -0.3 is 19.9 Å². The minimum absolute atomic E-state index is 0.0322. The first-order valence-corrected chi connectivity index (χ1v) is 11.1. The highest BCUT2D eigenvalue weighted by Gasteiger charge is 2.30. The van der Waals surface area contributed by atoms with Crippen LogP contribution in [-0.2, 0) is 14.3 Å². The molecule has 166 valence electrons. The number of rotatable bonds is 9. The Hall–Kier alpha value is -1.83. The highest BCUT2D eigenvalue weighted by atomic mass is 16.5. The number of carbonyl (C=O) groups is 2. The molecule has 1 unspecified atom stereocenters. The summed E-state index contributed by atoms with van der Waals surface area (Å²) in [6.07, 6.45) is 6.86. The minimum Gasteiger partial charge on any atom is -0.469 e. The van der Waals surface area contributed by atoms with Crippen molar-refractivity contribution in [3.8, 4) is 0 Å². The van der Waals surface area contributed by atoms with Gasteiger partial charge in [-0.2, -0.15) is 0 Å². The van der Waals surface area contributed by atoms with Gasteiger partial charge in [0, 0.05) is 59.3 Å². The molecule has 0 aliphatic carbocycles. The Morgan fingerprint density at radius 3 is 2.24 bits per heavy atom. The Kier molecular flexibility index (Phi) is 10.2. The van der Waals surface area contributed by atoms with Crippen LogP contribution in [0.25, 0.3) is 0 Å². The quantitative estimate of drug-likeness (QED) is 0.268. The Balaban J connectivity index is 1.62. The summed E-state index contributed by atoms with van der Waals surface area (Å²) in [4.78, 5) is 34.7. The third-order valence-corrected chi connectivity index (χ3v) is 5.97. The van der Waals surface area contributed by atoms with Crippen molar-refractivity contribution in [1.29, 1.82) is 0 Å². The van der Waals surface area contributed by atoms with Crippen LogP contribution >= 0.6 is 0 Å². The number of amides is 1. The predicted octanol–water partition coefficient (Wildman–Crippen LogP) is 1.31. The molecule has 2 heterocycles. The standard InChI is InChI=1S/C21H39N5O3/c1-18(20(28)25-12-8-9-13-25)24-14-16-26(17-15-24)21(22-2)23-11-7-5-4-6-10-19(27)29-3/h18H,4-17H2,1-3H3,(H,22,23). The average Bonchev–Trinajstić information content (AvgIpc) is 3.29. The van der Waals surface area contributed by atoms with E-state index in [1.165, 1.54) is 7.11 Å². The fraction of sp³-hybridized carbons (Fsp3) is 0.857. The average molecular weight is 410 g/mol. The number of unbranched alkanes of at least 4 members (excludes halogenated alkanes) is 3. The van der Waals surface area contributed by atoms with Gasteiger partial charge in [0.05, 0.1) is 13.2 Å². The number of piperazine rings is 1. The van der Waals surface area contributed by atoms with E-state index in [0.29, 0.717) is 6.42 Å². The van der Waals surface area contributed by atoms with Crippen molar-refractivity contribution in [2.45, 2.75) is 57.9 Å². The summed E-state index contributed by atoms with van der Waals surface area (Å²) in [5.74, 6) is 1.10. The molecule has 0 aromatic rings. The van der Waals surface area contributed by atoms with Gasteiger partial charge in [-0.1, -0.05) is 12.8 Å². The highest BCUT2D eigenvalue weighted by Crippen LogP contribution is 2.14. The molecule has 8 nitrogen and oxygen atoms in total. The maximum atomic E-state index is 12.6. The zero-order chi connectivity index (χ0) is 21.1. The van der Waals surface area contributed by atoms with Crippen molar-refractivity contribution in [2.75, 3.05) is 60.0 Å². The van der Waals surface area contributed by atoms with E-state index >= 15 is 0 Å². The number of ether oxygens (including phenoxy) is 1. The second-order valence-corrected chi connectivity index (χ2v) is 7.95. The Morgan fingerprint density at radius 2 is 1.62 bits per heavy atom. The molecule has 0 bridgehead atoms. The maximum Gasteiger partial charge on any atom is 0.305 e. The number of aliphatic imine (C=N–C) groups is 1. The van der Waals surface area contributed by atoms with Crippen LogP contribution < -0.4 is 5.32 Å². The Labute approximate surface area is 175 Å². The van der Waals surface area contributed by atoms with Gasteiger partial charge in [-0.3, -0.25) is 19.5 Å². The molecule has 1 atom stereocenters. The summed E-state index contributed by atoms with van der Waals surface area (Å²) in [5.41, 5.74) is 0. The van der Waals surface area contributed by atoms with E-state index in [1.54, 1.807) is 0 Å². The normalized spacial score (nSPS) is 19.3. The summed E-state index contributed by atoms with van der Waals surface area (Å²) in [5, 5.41) is 3.45. The van der Waals surface area contributed by atoms with Crippen LogP contribution in [0.15, 0.2) is 4.99 Å². The van der Waals surface area contributed by atoms with Crippen LogP contribution in [-0.4, -0.2) is 98.5 Å². The van der Waals surface area contributed by atoms with Crippen LogP contribution in [0.1, 0.15) is 51.9 Å². The third kappa shape index (κ3) is 7.49. The van der Waals surface area contributed by atoms with Crippen molar-refractivity contribution in [1.82, 2.24) is 20.0 Å². The Morgan fingerprint density at radius 1 is 0.966 bits per heavy atom. The number of nitrogens with zero attached hydrogens (tertiary/aromatic N) is 4. The first-order chi connectivity index (χ1) is 14.1. The van der Waals surface area contributed by atoms with Crippen LogP contribution in [0.5, 0.6) is 0 Å². The maximum absolute atomic E-state index is 12.6. The van der Waals surface area contributed by atoms with Gasteiger partial charge in [0.15, 0.2) is 5.96 Å². The van der Waals surface area contributed by atoms with Gasteiger partial charge in [0.2, 0.25) is 5.91 Å². The molecule has 0 radical (unpaired) electrons. The largest absolute Gasteiger partial charge is 0.469 e. The molecule has 2 fully saturated rings. The topological polar surface area (TPSA) is 77.5 Å². The van der Waals surface area contributed by atoms with E-state index < -0.39 is 0 Å². The van der Waals surface area contributed by atoms with Gasteiger partial charge in [-0.05, 0) is 32.6 Å². The van der Waals surface area contributed by atoms with Crippen LogP contribution in [0.3, 0.4) is 0 Å². The molecule has 1 amide bonds. The molecular weight excluding hydrogens is 370 g/mol. The zero-order valence-electron chi connectivity index (χ0n) is 18.5. The lowest BCUT2D eigenvalue weighted by atomic mass is 10.1. The molecule has 29 heavy (non-hydrogen) atoms. The summed E-state index contributed by atoms with van der Waals surface area (Å²) in [6, 6.07) is -0.0322. The van der Waals surface area contributed by atoms with Gasteiger partial charge in [-0.25, -0.2) is 0 Å². The fourth-order valence-electron chi connectivity index (χ4n) is 4.06. The first-order valence-electron chi connectivity index (χ1n) is 11.1. The van der Waals surface area contributed by atoms with Crippen molar-refractivity contribution in [2.24, 2.45) is 4.99 Å². The van der Waals surface area contributed by atoms with Crippen molar-refractivity contribution >= 4 is 17.8 Å². The second kappa shape index (κ2) is 12.7. The smallest absolute Gasteiger partial charge is 0.305 e. The van der Waals surface area contributed by atoms with E-state index in [1.807, 2.05) is 18.9 Å². The van der Waals surface area contributed by atoms with E-state index in [4.69, 9.17) is 0 Å². The van der Waals surface area contributed by atoms with E-state index in [-0.39, 0.29) is 17.9 Å². The molecule has 2 rings (SSSR count). The molecule has 0 aromatic heterocycles. The molecule has 0 aromatic carbocycles. The first kappa shape index (κ1) is 23.4. The Bertz CT molecular complexity index is 540. The van der Waals surface area contributed by atoms with Gasteiger partial charge in [0.25, 0.3) is 0 Å². The van der Waals surface area contributed by atoms with Crippen molar-refractivity contribution in [3.05, 3.63) is 0 Å². The number of carbonyl (C=O) groups excluding carboxylic acids is 2. The van der Waals surface area contributed by atoms with Crippen LogP contribution in [0.4, 0.5) is 0 Å². The predicted molar refractivity (Wildman–Crippen MR) is 115 cm³/mol. The van der Waals surface area contributed by atoms with E-state index in [9.17, 15) is 9.59 Å². The summed E-state index contributed by atoms with van der Waals surface area (Å²) < 4.78 is 4.66. The molecule has 2 saturated heterocycles. The van der Waals surface area contributed by atoms with Gasteiger partial charge in [0.1, 0.15) is 0 Å². The van der Waals surface area contributed by atoms with Crippen molar-refractivity contribution < 1.29 is 14.3 Å². The summed E-state index contributed by atoms with van der Waals surface area (Å²) in [7, 11) is 3.26. The molecular formula is C21H39N5O3. The van der Waals surface area contributed by atoms with Gasteiger partial charge >= 0.3 is 5.97 Å². The van der Waals surface area contributed by atoms with Crippen LogP contribution in [0, 0.1) is 0 Å². The number of nitrogens with one attached hydrogen (secondary N) is 1. The third-order valence-electron chi connectivity index (χ3n) is 5.97. The number of guanidine groups is 1. The fourth-order valence-corrected chi connectivity index (χ4v) is 4.06. The molecule has 0 saturated carbocycles. The zero-order valence-corrected chi connectivity index (χ0v) is 18.5. The highest BCUT2D eigenvalue weighted by molar-refractivity contribution is 5.82. The molecule has 2 aliphatic rings. The number of likely N-dealkylation sites (tertiary alicyclic amines) is 1. The van der Waals surface area contributed by atoms with Crippen molar-refractivity contribution in [3.63, 3.8) is 0 Å². The lowest BCUT2D eigenvalue weighted by molar-refractivity contribution is -0.140. The molecule has 2 aliphatic heterocycles. The number of esters is 1.